The van der Waals surface area contributed by atoms with Gasteiger partial charge in [0.05, 0.1) is 12.3 Å². The molecule has 0 atom stereocenters. The Bertz CT molecular complexity index is 1300. The van der Waals surface area contributed by atoms with Gasteiger partial charge in [-0.1, -0.05) is 29.8 Å². The molecular formula is C26H21ClN2O6. The first kappa shape index (κ1) is 23.8. The number of nitrogens with zero attached hydrogens (tertiary/aromatic N) is 1. The largest absolute Gasteiger partial charge is 0.504 e. The van der Waals surface area contributed by atoms with Crippen LogP contribution in [0, 0.1) is 0 Å². The molecule has 4 amide bonds. The predicted molar refractivity (Wildman–Crippen MR) is 131 cm³/mol. The van der Waals surface area contributed by atoms with Crippen LogP contribution in [0.3, 0.4) is 0 Å². The first-order chi connectivity index (χ1) is 16.9. The van der Waals surface area contributed by atoms with E-state index in [4.69, 9.17) is 21.1 Å². The number of phenols is 1. The van der Waals surface area contributed by atoms with Crippen LogP contribution in [-0.2, 0) is 16.2 Å². The van der Waals surface area contributed by atoms with E-state index >= 15 is 0 Å². The highest BCUT2D eigenvalue weighted by Crippen LogP contribution is 2.29. The minimum atomic E-state index is -0.854. The van der Waals surface area contributed by atoms with Crippen molar-refractivity contribution in [2.24, 2.45) is 0 Å². The molecule has 3 aromatic rings. The van der Waals surface area contributed by atoms with Crippen LogP contribution in [-0.4, -0.2) is 29.6 Å². The topological polar surface area (TPSA) is 105 Å². The molecule has 1 heterocycles. The molecule has 1 aliphatic rings. The summed E-state index contributed by atoms with van der Waals surface area (Å²) in [5.74, 6) is -0.908. The minimum absolute atomic E-state index is 0.0661. The predicted octanol–water partition coefficient (Wildman–Crippen LogP) is 4.69. The summed E-state index contributed by atoms with van der Waals surface area (Å²) >= 11 is 5.89. The molecule has 0 aromatic heterocycles. The maximum atomic E-state index is 13.1. The number of carbonyl (C=O) groups excluding carboxylic acids is 3. The molecule has 8 nitrogen and oxygen atoms in total. The van der Waals surface area contributed by atoms with Crippen LogP contribution in [0.25, 0.3) is 6.08 Å². The zero-order chi connectivity index (χ0) is 24.9. The zero-order valence-corrected chi connectivity index (χ0v) is 19.4. The fourth-order valence-electron chi connectivity index (χ4n) is 3.39. The number of anilines is 1. The maximum Gasteiger partial charge on any atom is 0.335 e. The number of phenolic OH excluding ortho intramolecular Hbond substituents is 1. The standard InChI is InChI=1S/C26H21ClN2O6/c1-2-34-23-14-17(5-12-22(23)30)13-21-24(31)28-26(33)29(25(21)32)19-8-10-20(11-9-19)35-15-16-3-6-18(27)7-4-16/h3-14,30H,2,15H2,1H3,(H,28,31,33)/b21-13+. The molecule has 178 valence electrons. The molecule has 0 unspecified atom stereocenters. The van der Waals surface area contributed by atoms with Gasteiger partial charge in [-0.05, 0) is 72.7 Å². The molecule has 0 spiro atoms. The van der Waals surface area contributed by atoms with E-state index < -0.39 is 17.8 Å². The van der Waals surface area contributed by atoms with Crippen LogP contribution >= 0.6 is 11.6 Å². The second kappa shape index (κ2) is 10.3. The van der Waals surface area contributed by atoms with Gasteiger partial charge in [0.15, 0.2) is 11.5 Å². The van der Waals surface area contributed by atoms with E-state index in [1.807, 2.05) is 12.1 Å². The van der Waals surface area contributed by atoms with Gasteiger partial charge in [0.25, 0.3) is 11.8 Å². The molecule has 9 heteroatoms. The lowest BCUT2D eigenvalue weighted by atomic mass is 10.1. The normalized spacial score (nSPS) is 14.7. The van der Waals surface area contributed by atoms with E-state index in [2.05, 4.69) is 5.32 Å². The number of rotatable bonds is 7. The number of benzene rings is 3. The second-order valence-electron chi connectivity index (χ2n) is 7.53. The molecule has 1 saturated heterocycles. The van der Waals surface area contributed by atoms with Crippen molar-refractivity contribution in [3.05, 3.63) is 88.5 Å². The third kappa shape index (κ3) is 5.44. The lowest BCUT2D eigenvalue weighted by Gasteiger charge is -2.26. The van der Waals surface area contributed by atoms with Gasteiger partial charge < -0.3 is 14.6 Å². The number of ether oxygens (including phenoxy) is 2. The smallest absolute Gasteiger partial charge is 0.335 e. The van der Waals surface area contributed by atoms with E-state index in [1.54, 1.807) is 43.3 Å². The number of carbonyl (C=O) groups is 3. The Kier molecular flexibility index (Phi) is 7.03. The Balaban J connectivity index is 1.53. The van der Waals surface area contributed by atoms with E-state index in [9.17, 15) is 19.5 Å². The maximum absolute atomic E-state index is 13.1. The van der Waals surface area contributed by atoms with Crippen LogP contribution in [0.4, 0.5) is 10.5 Å². The molecule has 3 aromatic carbocycles. The van der Waals surface area contributed by atoms with Crippen molar-refractivity contribution in [3.8, 4) is 17.2 Å². The summed E-state index contributed by atoms with van der Waals surface area (Å²) in [6.45, 7) is 2.41. The average molecular weight is 493 g/mol. The van der Waals surface area contributed by atoms with Crippen molar-refractivity contribution >= 4 is 41.2 Å². The highest BCUT2D eigenvalue weighted by molar-refractivity contribution is 6.39. The van der Waals surface area contributed by atoms with Gasteiger partial charge in [-0.3, -0.25) is 14.9 Å². The first-order valence-corrected chi connectivity index (χ1v) is 11.1. The van der Waals surface area contributed by atoms with Crippen molar-refractivity contribution < 1.29 is 29.0 Å². The van der Waals surface area contributed by atoms with Crippen LogP contribution in [0.5, 0.6) is 17.2 Å². The highest BCUT2D eigenvalue weighted by Gasteiger charge is 2.36. The number of amides is 4. The first-order valence-electron chi connectivity index (χ1n) is 10.7. The van der Waals surface area contributed by atoms with Crippen molar-refractivity contribution in [2.45, 2.75) is 13.5 Å². The molecular weight excluding hydrogens is 472 g/mol. The number of nitrogens with one attached hydrogen (secondary N) is 1. The molecule has 35 heavy (non-hydrogen) atoms. The number of aromatic hydroxyl groups is 1. The summed E-state index contributed by atoms with van der Waals surface area (Å²) in [6.07, 6.45) is 1.34. The Morgan fingerprint density at radius 2 is 1.69 bits per heavy atom. The summed E-state index contributed by atoms with van der Waals surface area (Å²) in [6, 6.07) is 17.2. The van der Waals surface area contributed by atoms with E-state index in [0.29, 0.717) is 29.5 Å². The molecule has 0 radical (unpaired) electrons. The van der Waals surface area contributed by atoms with Gasteiger partial charge in [0.2, 0.25) is 0 Å². The number of imide groups is 2. The lowest BCUT2D eigenvalue weighted by molar-refractivity contribution is -0.122. The summed E-state index contributed by atoms with van der Waals surface area (Å²) in [5.41, 5.74) is 1.41. The second-order valence-corrected chi connectivity index (χ2v) is 7.96. The fraction of sp³-hybridized carbons (Fsp3) is 0.115. The number of hydrogen-bond donors (Lipinski definition) is 2. The van der Waals surface area contributed by atoms with E-state index in [0.717, 1.165) is 10.5 Å². The molecule has 0 aliphatic carbocycles. The number of halogens is 1. The van der Waals surface area contributed by atoms with Gasteiger partial charge in [-0.25, -0.2) is 9.69 Å². The van der Waals surface area contributed by atoms with Crippen LogP contribution in [0.1, 0.15) is 18.1 Å². The molecule has 0 saturated carbocycles. The number of hydrogen-bond acceptors (Lipinski definition) is 6. The molecule has 1 aliphatic heterocycles. The van der Waals surface area contributed by atoms with Crippen molar-refractivity contribution in [2.75, 3.05) is 11.5 Å². The molecule has 1 fully saturated rings. The van der Waals surface area contributed by atoms with Crippen LogP contribution in [0.2, 0.25) is 5.02 Å². The fourth-order valence-corrected chi connectivity index (χ4v) is 3.51. The SMILES string of the molecule is CCOc1cc(/C=C2\C(=O)NC(=O)N(c3ccc(OCc4ccc(Cl)cc4)cc3)C2=O)ccc1O. The number of urea groups is 1. The molecule has 0 bridgehead atoms. The lowest BCUT2D eigenvalue weighted by Crippen LogP contribution is -2.54. The summed E-state index contributed by atoms with van der Waals surface area (Å²) in [4.78, 5) is 38.9. The van der Waals surface area contributed by atoms with Gasteiger partial charge in [0.1, 0.15) is 17.9 Å². The molecule has 2 N–H and O–H groups in total. The van der Waals surface area contributed by atoms with Crippen molar-refractivity contribution in [3.63, 3.8) is 0 Å². The van der Waals surface area contributed by atoms with Crippen molar-refractivity contribution in [1.82, 2.24) is 5.32 Å². The highest BCUT2D eigenvalue weighted by atomic mass is 35.5. The molecule has 4 rings (SSSR count). The Morgan fingerprint density at radius 1 is 0.971 bits per heavy atom. The Hall–Kier alpha value is -4.30. The average Bonchev–Trinajstić information content (AvgIpc) is 2.84. The van der Waals surface area contributed by atoms with Gasteiger partial charge in [-0.15, -0.1) is 0 Å². The Morgan fingerprint density at radius 3 is 2.37 bits per heavy atom. The third-order valence-electron chi connectivity index (χ3n) is 5.11. The van der Waals surface area contributed by atoms with E-state index in [-0.39, 0.29) is 22.8 Å². The van der Waals surface area contributed by atoms with Crippen LogP contribution < -0.4 is 19.7 Å². The van der Waals surface area contributed by atoms with Gasteiger partial charge in [-0.2, -0.15) is 0 Å². The van der Waals surface area contributed by atoms with Crippen molar-refractivity contribution in [1.29, 1.82) is 0 Å². The van der Waals surface area contributed by atoms with Gasteiger partial charge in [0, 0.05) is 5.02 Å². The third-order valence-corrected chi connectivity index (χ3v) is 5.36. The zero-order valence-electron chi connectivity index (χ0n) is 18.7. The summed E-state index contributed by atoms with van der Waals surface area (Å²) in [7, 11) is 0. The van der Waals surface area contributed by atoms with Gasteiger partial charge >= 0.3 is 6.03 Å². The van der Waals surface area contributed by atoms with Crippen LogP contribution in [0.15, 0.2) is 72.3 Å². The summed E-state index contributed by atoms with van der Waals surface area (Å²) < 4.78 is 11.1. The number of barbiturate groups is 1. The minimum Gasteiger partial charge on any atom is -0.504 e. The summed E-state index contributed by atoms with van der Waals surface area (Å²) in [5, 5.41) is 12.7. The quantitative estimate of drug-likeness (QED) is 0.366. The Labute approximate surface area is 206 Å². The van der Waals surface area contributed by atoms with E-state index in [1.165, 1.54) is 24.3 Å². The monoisotopic (exact) mass is 492 g/mol.